The molecule has 0 aliphatic carbocycles. The van der Waals surface area contributed by atoms with Gasteiger partial charge in [0.05, 0.1) is 19.5 Å². The molecule has 198 valence electrons. The van der Waals surface area contributed by atoms with Gasteiger partial charge in [0.15, 0.2) is 5.76 Å². The first kappa shape index (κ1) is 26.1. The van der Waals surface area contributed by atoms with Crippen LogP contribution in [-0.2, 0) is 6.42 Å². The highest BCUT2D eigenvalue weighted by molar-refractivity contribution is 5.91. The van der Waals surface area contributed by atoms with Crippen molar-refractivity contribution in [1.82, 2.24) is 5.32 Å². The molecule has 39 heavy (non-hydrogen) atoms. The molecule has 0 atom stereocenters. The number of aryl methyl sites for hydroxylation is 1. The van der Waals surface area contributed by atoms with Crippen molar-refractivity contribution in [3.05, 3.63) is 120 Å². The van der Waals surface area contributed by atoms with Crippen molar-refractivity contribution in [2.24, 2.45) is 0 Å². The standard InChI is InChI=1S/C34H33NO4/c1-25-8-2-3-11-31(25)28-13-16-29(17-14-28)37-21-4-5-22-38-30-18-15-26-9-6-10-27(32(26)24-30)19-20-35-34(36)33-12-7-23-39-33/h2-3,6-18,23-24H,4-5,19-22H2,1H3,(H,35,36). The summed E-state index contributed by atoms with van der Waals surface area (Å²) >= 11 is 0. The van der Waals surface area contributed by atoms with E-state index in [1.165, 1.54) is 28.5 Å². The van der Waals surface area contributed by atoms with E-state index < -0.39 is 0 Å². The Morgan fingerprint density at radius 1 is 0.795 bits per heavy atom. The molecule has 0 fully saturated rings. The molecule has 0 bridgehead atoms. The van der Waals surface area contributed by atoms with Crippen LogP contribution in [0.5, 0.6) is 11.5 Å². The highest BCUT2D eigenvalue weighted by Crippen LogP contribution is 2.26. The molecule has 0 unspecified atom stereocenters. The van der Waals surface area contributed by atoms with Crippen LogP contribution in [0.2, 0.25) is 0 Å². The average molecular weight is 520 g/mol. The summed E-state index contributed by atoms with van der Waals surface area (Å²) in [6.07, 6.45) is 4.03. The van der Waals surface area contributed by atoms with E-state index in [0.29, 0.717) is 25.5 Å². The molecule has 0 spiro atoms. The van der Waals surface area contributed by atoms with Crippen molar-refractivity contribution in [1.29, 1.82) is 0 Å². The molecule has 5 rings (SSSR count). The van der Waals surface area contributed by atoms with E-state index in [9.17, 15) is 4.79 Å². The molecular formula is C34H33NO4. The van der Waals surface area contributed by atoms with Crippen LogP contribution in [0.15, 0.2) is 108 Å². The number of benzene rings is 4. The van der Waals surface area contributed by atoms with Gasteiger partial charge in [-0.2, -0.15) is 0 Å². The summed E-state index contributed by atoms with van der Waals surface area (Å²) in [7, 11) is 0. The monoisotopic (exact) mass is 519 g/mol. The van der Waals surface area contributed by atoms with E-state index in [-0.39, 0.29) is 5.91 Å². The van der Waals surface area contributed by atoms with Crippen molar-refractivity contribution in [2.45, 2.75) is 26.2 Å². The smallest absolute Gasteiger partial charge is 0.286 e. The first-order valence-corrected chi connectivity index (χ1v) is 13.4. The quantitative estimate of drug-likeness (QED) is 0.172. The molecule has 0 saturated carbocycles. The van der Waals surface area contributed by atoms with Gasteiger partial charge in [0.2, 0.25) is 0 Å². The number of carbonyl (C=O) groups is 1. The highest BCUT2D eigenvalue weighted by Gasteiger charge is 2.09. The van der Waals surface area contributed by atoms with Crippen molar-refractivity contribution in [3.63, 3.8) is 0 Å². The number of unbranched alkanes of at least 4 members (excludes halogenated alkanes) is 1. The fourth-order valence-electron chi connectivity index (χ4n) is 4.64. The van der Waals surface area contributed by atoms with Crippen LogP contribution in [0.4, 0.5) is 0 Å². The van der Waals surface area contributed by atoms with E-state index in [1.54, 1.807) is 12.1 Å². The van der Waals surface area contributed by atoms with Crippen molar-refractivity contribution < 1.29 is 18.7 Å². The topological polar surface area (TPSA) is 60.7 Å². The summed E-state index contributed by atoms with van der Waals surface area (Å²) in [4.78, 5) is 12.1. The second kappa shape index (κ2) is 12.8. The van der Waals surface area contributed by atoms with Crippen LogP contribution < -0.4 is 14.8 Å². The molecule has 1 N–H and O–H groups in total. The molecular weight excluding hydrogens is 486 g/mol. The van der Waals surface area contributed by atoms with Crippen LogP contribution >= 0.6 is 0 Å². The maximum absolute atomic E-state index is 12.1. The normalized spacial score (nSPS) is 10.9. The van der Waals surface area contributed by atoms with Crippen LogP contribution in [-0.4, -0.2) is 25.7 Å². The molecule has 0 saturated heterocycles. The molecule has 0 radical (unpaired) electrons. The molecule has 5 aromatic rings. The Labute approximate surface area is 229 Å². The summed E-state index contributed by atoms with van der Waals surface area (Å²) in [5, 5.41) is 5.21. The van der Waals surface area contributed by atoms with Gasteiger partial charge < -0.3 is 19.2 Å². The van der Waals surface area contributed by atoms with Gasteiger partial charge in [0.1, 0.15) is 11.5 Å². The molecule has 1 amide bonds. The zero-order valence-corrected chi connectivity index (χ0v) is 22.2. The Bertz CT molecular complexity index is 1510. The predicted octanol–water partition coefficient (Wildman–Crippen LogP) is 7.62. The fourth-order valence-corrected chi connectivity index (χ4v) is 4.64. The van der Waals surface area contributed by atoms with Gasteiger partial charge in [-0.3, -0.25) is 4.79 Å². The Kier molecular flexibility index (Phi) is 8.59. The van der Waals surface area contributed by atoms with Crippen LogP contribution in [0.1, 0.15) is 34.5 Å². The van der Waals surface area contributed by atoms with Gasteiger partial charge in [0.25, 0.3) is 5.91 Å². The average Bonchev–Trinajstić information content (AvgIpc) is 3.51. The fraction of sp³-hybridized carbons (Fsp3) is 0.206. The van der Waals surface area contributed by atoms with Crippen LogP contribution in [0.3, 0.4) is 0 Å². The maximum Gasteiger partial charge on any atom is 0.286 e. The Morgan fingerprint density at radius 2 is 1.56 bits per heavy atom. The third kappa shape index (κ3) is 6.88. The molecule has 1 aromatic heterocycles. The van der Waals surface area contributed by atoms with E-state index in [4.69, 9.17) is 13.9 Å². The number of rotatable bonds is 12. The van der Waals surface area contributed by atoms with Gasteiger partial charge >= 0.3 is 0 Å². The zero-order valence-electron chi connectivity index (χ0n) is 22.2. The third-order valence-corrected chi connectivity index (χ3v) is 6.76. The number of hydrogen-bond donors (Lipinski definition) is 1. The molecule has 4 aromatic carbocycles. The first-order valence-electron chi connectivity index (χ1n) is 13.4. The number of furan rings is 1. The largest absolute Gasteiger partial charge is 0.494 e. The lowest BCUT2D eigenvalue weighted by molar-refractivity contribution is 0.0926. The van der Waals surface area contributed by atoms with E-state index in [1.807, 2.05) is 24.3 Å². The minimum atomic E-state index is -0.201. The zero-order chi connectivity index (χ0) is 26.9. The minimum Gasteiger partial charge on any atom is -0.494 e. The highest BCUT2D eigenvalue weighted by atomic mass is 16.5. The SMILES string of the molecule is Cc1ccccc1-c1ccc(OCCCCOc2ccc3cccc(CCNC(=O)c4ccco4)c3c2)cc1. The number of hydrogen-bond acceptors (Lipinski definition) is 4. The number of amides is 1. The minimum absolute atomic E-state index is 0.201. The summed E-state index contributed by atoms with van der Waals surface area (Å²) in [5.74, 6) is 1.86. The first-order chi connectivity index (χ1) is 19.2. The van der Waals surface area contributed by atoms with E-state index in [0.717, 1.165) is 41.5 Å². The van der Waals surface area contributed by atoms with E-state index in [2.05, 4.69) is 72.9 Å². The lowest BCUT2D eigenvalue weighted by atomic mass is 10.0. The van der Waals surface area contributed by atoms with Crippen molar-refractivity contribution >= 4 is 16.7 Å². The van der Waals surface area contributed by atoms with Crippen LogP contribution in [0, 0.1) is 6.92 Å². The molecule has 1 heterocycles. The van der Waals surface area contributed by atoms with Crippen LogP contribution in [0.25, 0.3) is 21.9 Å². The summed E-state index contributed by atoms with van der Waals surface area (Å²) in [5.41, 5.74) is 4.88. The predicted molar refractivity (Wildman–Crippen MR) is 156 cm³/mol. The maximum atomic E-state index is 12.1. The van der Waals surface area contributed by atoms with Gasteiger partial charge in [-0.1, -0.05) is 60.7 Å². The number of fused-ring (bicyclic) bond motifs is 1. The number of nitrogens with one attached hydrogen (secondary N) is 1. The number of carbonyl (C=O) groups excluding carboxylic acids is 1. The van der Waals surface area contributed by atoms with Gasteiger partial charge in [-0.15, -0.1) is 0 Å². The molecule has 5 heteroatoms. The van der Waals surface area contributed by atoms with Gasteiger partial charge in [-0.25, -0.2) is 0 Å². The van der Waals surface area contributed by atoms with Gasteiger partial charge in [-0.05, 0) is 95.6 Å². The van der Waals surface area contributed by atoms with E-state index >= 15 is 0 Å². The second-order valence-corrected chi connectivity index (χ2v) is 9.53. The molecule has 5 nitrogen and oxygen atoms in total. The van der Waals surface area contributed by atoms with Crippen molar-refractivity contribution in [2.75, 3.05) is 19.8 Å². The Balaban J connectivity index is 1.06. The lowest BCUT2D eigenvalue weighted by Crippen LogP contribution is -2.25. The molecule has 0 aliphatic heterocycles. The summed E-state index contributed by atoms with van der Waals surface area (Å²) < 4.78 is 17.1. The van der Waals surface area contributed by atoms with Crippen molar-refractivity contribution in [3.8, 4) is 22.6 Å². The third-order valence-electron chi connectivity index (χ3n) is 6.76. The summed E-state index contributed by atoms with van der Waals surface area (Å²) in [6.45, 7) is 3.93. The Morgan fingerprint density at radius 3 is 2.33 bits per heavy atom. The lowest BCUT2D eigenvalue weighted by Gasteiger charge is -2.11. The van der Waals surface area contributed by atoms with Gasteiger partial charge in [0, 0.05) is 6.54 Å². The summed E-state index contributed by atoms with van der Waals surface area (Å²) in [6, 6.07) is 32.5. The molecule has 0 aliphatic rings. The number of ether oxygens (including phenoxy) is 2. The Hall–Kier alpha value is -4.51. The second-order valence-electron chi connectivity index (χ2n) is 9.53.